The Hall–Kier alpha value is -0.790. The van der Waals surface area contributed by atoms with Crippen LogP contribution in [-0.4, -0.2) is 9.97 Å². The molecule has 1 aromatic rings. The van der Waals surface area contributed by atoms with Gasteiger partial charge in [0, 0.05) is 23.2 Å². The number of nitrogens with zero attached hydrogens (tertiary/aromatic N) is 1. The summed E-state index contributed by atoms with van der Waals surface area (Å²) < 4.78 is 0. The van der Waals surface area contributed by atoms with E-state index in [0.717, 1.165) is 5.82 Å². The molecule has 1 aromatic heterocycles. The molecule has 0 aromatic carbocycles. The molecule has 2 heteroatoms. The third kappa shape index (κ3) is 1.15. The maximum Gasteiger partial charge on any atom is 0.108 e. The lowest BCUT2D eigenvalue weighted by molar-refractivity contribution is 0.735. The van der Waals surface area contributed by atoms with E-state index >= 15 is 0 Å². The Morgan fingerprint density at radius 1 is 1.50 bits per heavy atom. The van der Waals surface area contributed by atoms with E-state index in [4.69, 9.17) is 0 Å². The summed E-state index contributed by atoms with van der Waals surface area (Å²) in [5, 5.41) is 0. The third-order valence-corrected chi connectivity index (χ3v) is 2.79. The molecule has 0 atom stereocenters. The predicted molar refractivity (Wildman–Crippen MR) is 49.3 cm³/mol. The van der Waals surface area contributed by atoms with Gasteiger partial charge in [-0.3, -0.25) is 0 Å². The molecule has 1 N–H and O–H groups in total. The van der Waals surface area contributed by atoms with E-state index in [0.29, 0.717) is 11.3 Å². The number of hydrogen-bond donors (Lipinski definition) is 1. The van der Waals surface area contributed by atoms with Crippen LogP contribution < -0.4 is 0 Å². The molecule has 0 amide bonds. The van der Waals surface area contributed by atoms with Crippen molar-refractivity contribution in [3.8, 4) is 0 Å². The summed E-state index contributed by atoms with van der Waals surface area (Å²) in [7, 11) is 0. The predicted octanol–water partition coefficient (Wildman–Crippen LogP) is 2.58. The molecule has 1 aliphatic carbocycles. The first-order valence-electron chi connectivity index (χ1n) is 4.67. The van der Waals surface area contributed by atoms with Crippen LogP contribution in [0.1, 0.15) is 51.0 Å². The number of aromatic amines is 1. The zero-order valence-corrected chi connectivity index (χ0v) is 8.02. The lowest BCUT2D eigenvalue weighted by atomic mass is 10.1. The number of H-pyrrole nitrogens is 1. The van der Waals surface area contributed by atoms with Gasteiger partial charge in [-0.25, -0.2) is 4.98 Å². The van der Waals surface area contributed by atoms with Crippen molar-refractivity contribution in [1.82, 2.24) is 9.97 Å². The average molecular weight is 164 g/mol. The molecule has 1 aliphatic rings. The molecule has 0 radical (unpaired) electrons. The van der Waals surface area contributed by atoms with Crippen molar-refractivity contribution in [1.29, 1.82) is 0 Å². The fourth-order valence-electron chi connectivity index (χ4n) is 1.39. The second-order valence-electron chi connectivity index (χ2n) is 4.40. The molecule has 2 nitrogen and oxygen atoms in total. The van der Waals surface area contributed by atoms with Crippen molar-refractivity contribution in [2.45, 2.75) is 44.9 Å². The maximum atomic E-state index is 4.37. The lowest BCUT2D eigenvalue weighted by Gasteiger charge is -2.03. The quantitative estimate of drug-likeness (QED) is 0.715. The third-order valence-electron chi connectivity index (χ3n) is 2.79. The zero-order chi connectivity index (χ0) is 8.77. The van der Waals surface area contributed by atoms with Crippen LogP contribution in [0, 0.1) is 0 Å². The average Bonchev–Trinajstić information content (AvgIpc) is 2.61. The van der Waals surface area contributed by atoms with Crippen molar-refractivity contribution in [2.24, 2.45) is 0 Å². The van der Waals surface area contributed by atoms with Crippen LogP contribution in [0.5, 0.6) is 0 Å². The van der Waals surface area contributed by atoms with Gasteiger partial charge in [0.25, 0.3) is 0 Å². The van der Waals surface area contributed by atoms with Gasteiger partial charge < -0.3 is 4.98 Å². The Kier molecular flexibility index (Phi) is 1.53. The summed E-state index contributed by atoms with van der Waals surface area (Å²) in [5.41, 5.74) is 1.76. The molecule has 0 spiro atoms. The van der Waals surface area contributed by atoms with Crippen LogP contribution in [0.25, 0.3) is 0 Å². The largest absolute Gasteiger partial charge is 0.345 e. The number of hydrogen-bond acceptors (Lipinski definition) is 1. The first-order chi connectivity index (χ1) is 5.62. The Morgan fingerprint density at radius 3 is 2.58 bits per heavy atom. The Labute approximate surface area is 73.4 Å². The van der Waals surface area contributed by atoms with Gasteiger partial charge in [0.15, 0.2) is 0 Å². The van der Waals surface area contributed by atoms with Crippen molar-refractivity contribution in [3.05, 3.63) is 17.7 Å². The summed E-state index contributed by atoms with van der Waals surface area (Å²) in [6, 6.07) is 0. The SMILES string of the molecule is CC(C)c1ncc(C2(C)CC2)[nH]1. The molecule has 1 heterocycles. The van der Waals surface area contributed by atoms with E-state index in [2.05, 4.69) is 30.7 Å². The number of aromatic nitrogens is 2. The highest BCUT2D eigenvalue weighted by Crippen LogP contribution is 2.46. The van der Waals surface area contributed by atoms with Crippen LogP contribution >= 0.6 is 0 Å². The summed E-state index contributed by atoms with van der Waals surface area (Å²) in [5.74, 6) is 1.64. The van der Waals surface area contributed by atoms with Crippen LogP contribution in [0.4, 0.5) is 0 Å². The fraction of sp³-hybridized carbons (Fsp3) is 0.700. The van der Waals surface area contributed by atoms with Gasteiger partial charge in [-0.1, -0.05) is 20.8 Å². The van der Waals surface area contributed by atoms with E-state index in [1.807, 2.05) is 6.20 Å². The van der Waals surface area contributed by atoms with Gasteiger partial charge in [-0.2, -0.15) is 0 Å². The smallest absolute Gasteiger partial charge is 0.108 e. The Morgan fingerprint density at radius 2 is 2.17 bits per heavy atom. The second kappa shape index (κ2) is 2.35. The molecule has 0 unspecified atom stereocenters. The summed E-state index contributed by atoms with van der Waals surface area (Å²) in [6.45, 7) is 6.63. The molecular formula is C10H16N2. The van der Waals surface area contributed by atoms with E-state index < -0.39 is 0 Å². The van der Waals surface area contributed by atoms with E-state index in [-0.39, 0.29) is 0 Å². The van der Waals surface area contributed by atoms with Gasteiger partial charge in [-0.15, -0.1) is 0 Å². The molecule has 0 aliphatic heterocycles. The molecule has 1 fully saturated rings. The van der Waals surface area contributed by atoms with Crippen molar-refractivity contribution < 1.29 is 0 Å². The Bertz CT molecular complexity index is 282. The minimum Gasteiger partial charge on any atom is -0.345 e. The highest BCUT2D eigenvalue weighted by atomic mass is 14.9. The number of imidazole rings is 1. The fourth-order valence-corrected chi connectivity index (χ4v) is 1.39. The monoisotopic (exact) mass is 164 g/mol. The maximum absolute atomic E-state index is 4.37. The van der Waals surface area contributed by atoms with Crippen LogP contribution in [0.2, 0.25) is 0 Å². The van der Waals surface area contributed by atoms with Crippen LogP contribution in [-0.2, 0) is 5.41 Å². The van der Waals surface area contributed by atoms with Crippen molar-refractivity contribution in [3.63, 3.8) is 0 Å². The minimum absolute atomic E-state index is 0.431. The van der Waals surface area contributed by atoms with Gasteiger partial charge >= 0.3 is 0 Å². The number of nitrogens with one attached hydrogen (secondary N) is 1. The van der Waals surface area contributed by atoms with Crippen molar-refractivity contribution >= 4 is 0 Å². The van der Waals surface area contributed by atoms with Crippen molar-refractivity contribution in [2.75, 3.05) is 0 Å². The molecule has 66 valence electrons. The summed E-state index contributed by atoms with van der Waals surface area (Å²) in [6.07, 6.45) is 4.63. The van der Waals surface area contributed by atoms with Crippen LogP contribution in [0.3, 0.4) is 0 Å². The summed E-state index contributed by atoms with van der Waals surface area (Å²) in [4.78, 5) is 7.77. The van der Waals surface area contributed by atoms with Gasteiger partial charge in [0.05, 0.1) is 0 Å². The van der Waals surface area contributed by atoms with Gasteiger partial charge in [0.2, 0.25) is 0 Å². The van der Waals surface area contributed by atoms with Gasteiger partial charge in [0.1, 0.15) is 5.82 Å². The van der Waals surface area contributed by atoms with E-state index in [9.17, 15) is 0 Å². The lowest BCUT2D eigenvalue weighted by Crippen LogP contribution is -2.00. The topological polar surface area (TPSA) is 28.7 Å². The standard InChI is InChI=1S/C10H16N2/c1-7(2)9-11-6-8(12-9)10(3)4-5-10/h6-7H,4-5H2,1-3H3,(H,11,12). The van der Waals surface area contributed by atoms with E-state index in [1.165, 1.54) is 18.5 Å². The first-order valence-corrected chi connectivity index (χ1v) is 4.67. The molecule has 0 saturated heterocycles. The van der Waals surface area contributed by atoms with Gasteiger partial charge in [-0.05, 0) is 12.8 Å². The second-order valence-corrected chi connectivity index (χ2v) is 4.40. The normalized spacial score (nSPS) is 20.0. The highest BCUT2D eigenvalue weighted by molar-refractivity contribution is 5.22. The van der Waals surface area contributed by atoms with E-state index in [1.54, 1.807) is 0 Å². The molecular weight excluding hydrogens is 148 g/mol. The Balaban J connectivity index is 2.25. The number of rotatable bonds is 2. The molecule has 12 heavy (non-hydrogen) atoms. The molecule has 2 rings (SSSR count). The zero-order valence-electron chi connectivity index (χ0n) is 8.02. The highest BCUT2D eigenvalue weighted by Gasteiger charge is 2.40. The molecule has 1 saturated carbocycles. The molecule has 0 bridgehead atoms. The minimum atomic E-state index is 0.431. The van der Waals surface area contributed by atoms with Crippen LogP contribution in [0.15, 0.2) is 6.20 Å². The first kappa shape index (κ1) is 7.84. The summed E-state index contributed by atoms with van der Waals surface area (Å²) >= 11 is 0.